The first-order valence-electron chi connectivity index (χ1n) is 6.18. The van der Waals surface area contributed by atoms with E-state index in [0.717, 1.165) is 10.0 Å². The van der Waals surface area contributed by atoms with Gasteiger partial charge in [-0.1, -0.05) is 6.07 Å². The van der Waals surface area contributed by atoms with Crippen molar-refractivity contribution in [2.24, 2.45) is 7.05 Å². The van der Waals surface area contributed by atoms with Crippen molar-refractivity contribution in [1.29, 1.82) is 0 Å². The molecular formula is C14H16BrN3O2. The summed E-state index contributed by atoms with van der Waals surface area (Å²) in [5, 5.41) is 6.74. The first-order valence-corrected chi connectivity index (χ1v) is 6.97. The predicted octanol–water partition coefficient (Wildman–Crippen LogP) is 2.90. The van der Waals surface area contributed by atoms with Gasteiger partial charge in [0.1, 0.15) is 5.75 Å². The van der Waals surface area contributed by atoms with Crippen LogP contribution in [0.1, 0.15) is 12.5 Å². The minimum Gasteiger partial charge on any atom is -0.480 e. The van der Waals surface area contributed by atoms with E-state index in [9.17, 15) is 4.79 Å². The van der Waals surface area contributed by atoms with Crippen molar-refractivity contribution in [3.8, 4) is 5.75 Å². The number of halogens is 1. The summed E-state index contributed by atoms with van der Waals surface area (Å²) in [7, 11) is 1.79. The van der Waals surface area contributed by atoms with Crippen LogP contribution in [0.5, 0.6) is 5.75 Å². The predicted molar refractivity (Wildman–Crippen MR) is 80.8 cm³/mol. The topological polar surface area (TPSA) is 56.1 Å². The SMILES string of the molecule is Cc1ccc(OC(C)C(=O)Nc2cnn(C)c2)c(Br)c1. The van der Waals surface area contributed by atoms with Gasteiger partial charge >= 0.3 is 0 Å². The number of nitrogens with zero attached hydrogens (tertiary/aromatic N) is 2. The van der Waals surface area contributed by atoms with Gasteiger partial charge in [-0.2, -0.15) is 5.10 Å². The number of aryl methyl sites for hydroxylation is 2. The van der Waals surface area contributed by atoms with Crippen LogP contribution in [-0.4, -0.2) is 21.8 Å². The van der Waals surface area contributed by atoms with E-state index < -0.39 is 6.10 Å². The zero-order chi connectivity index (χ0) is 14.7. The molecule has 2 rings (SSSR count). The zero-order valence-corrected chi connectivity index (χ0v) is 13.1. The molecule has 1 amide bonds. The molecule has 0 aliphatic rings. The second-order valence-corrected chi connectivity index (χ2v) is 5.44. The summed E-state index contributed by atoms with van der Waals surface area (Å²) in [5.41, 5.74) is 1.77. The molecule has 1 aromatic heterocycles. The Kier molecular flexibility index (Phi) is 4.44. The fourth-order valence-corrected chi connectivity index (χ4v) is 2.26. The van der Waals surface area contributed by atoms with E-state index in [1.54, 1.807) is 31.0 Å². The maximum absolute atomic E-state index is 12.0. The Bertz CT molecular complexity index is 625. The molecule has 6 heteroatoms. The third-order valence-electron chi connectivity index (χ3n) is 2.73. The van der Waals surface area contributed by atoms with Crippen LogP contribution in [0, 0.1) is 6.92 Å². The summed E-state index contributed by atoms with van der Waals surface area (Å²) >= 11 is 3.42. The Morgan fingerprint density at radius 1 is 1.50 bits per heavy atom. The number of hydrogen-bond acceptors (Lipinski definition) is 3. The van der Waals surface area contributed by atoms with Crippen molar-refractivity contribution in [1.82, 2.24) is 9.78 Å². The molecule has 0 bridgehead atoms. The van der Waals surface area contributed by atoms with Gasteiger partial charge in [0.15, 0.2) is 6.10 Å². The summed E-state index contributed by atoms with van der Waals surface area (Å²) < 4.78 is 8.11. The molecule has 0 spiro atoms. The number of carbonyl (C=O) groups is 1. The Labute approximate surface area is 126 Å². The molecule has 1 N–H and O–H groups in total. The number of benzene rings is 1. The van der Waals surface area contributed by atoms with Gasteiger partial charge in [-0.3, -0.25) is 9.48 Å². The second-order valence-electron chi connectivity index (χ2n) is 4.59. The third kappa shape index (κ3) is 3.60. The number of rotatable bonds is 4. The van der Waals surface area contributed by atoms with Crippen LogP contribution in [0.4, 0.5) is 5.69 Å². The van der Waals surface area contributed by atoms with E-state index >= 15 is 0 Å². The monoisotopic (exact) mass is 337 g/mol. The average molecular weight is 338 g/mol. The Morgan fingerprint density at radius 3 is 2.85 bits per heavy atom. The maximum atomic E-state index is 12.0. The number of amides is 1. The van der Waals surface area contributed by atoms with E-state index in [2.05, 4.69) is 26.3 Å². The first kappa shape index (κ1) is 14.6. The highest BCUT2D eigenvalue weighted by atomic mass is 79.9. The lowest BCUT2D eigenvalue weighted by atomic mass is 10.2. The van der Waals surface area contributed by atoms with Gasteiger partial charge in [-0.05, 0) is 47.5 Å². The number of anilines is 1. The van der Waals surface area contributed by atoms with Crippen molar-refractivity contribution in [2.45, 2.75) is 20.0 Å². The van der Waals surface area contributed by atoms with E-state index in [1.165, 1.54) is 0 Å². The lowest BCUT2D eigenvalue weighted by Crippen LogP contribution is -2.30. The van der Waals surface area contributed by atoms with Crippen molar-refractivity contribution in [3.05, 3.63) is 40.6 Å². The van der Waals surface area contributed by atoms with Crippen LogP contribution in [0.15, 0.2) is 35.1 Å². The molecule has 0 saturated heterocycles. The summed E-state index contributed by atoms with van der Waals surface area (Å²) in [6.07, 6.45) is 2.72. The Morgan fingerprint density at radius 2 is 2.25 bits per heavy atom. The Hall–Kier alpha value is -1.82. The van der Waals surface area contributed by atoms with Gasteiger partial charge < -0.3 is 10.1 Å². The molecule has 0 radical (unpaired) electrons. The highest BCUT2D eigenvalue weighted by Crippen LogP contribution is 2.26. The van der Waals surface area contributed by atoms with Gasteiger partial charge in [0.2, 0.25) is 0 Å². The van der Waals surface area contributed by atoms with E-state index in [4.69, 9.17) is 4.74 Å². The van der Waals surface area contributed by atoms with E-state index in [-0.39, 0.29) is 5.91 Å². The van der Waals surface area contributed by atoms with Gasteiger partial charge in [-0.25, -0.2) is 0 Å². The van der Waals surface area contributed by atoms with Crippen LogP contribution in [0.2, 0.25) is 0 Å². The lowest BCUT2D eigenvalue weighted by molar-refractivity contribution is -0.122. The smallest absolute Gasteiger partial charge is 0.265 e. The molecule has 106 valence electrons. The standard InChI is InChI=1S/C14H16BrN3O2/c1-9-4-5-13(12(15)6-9)20-10(2)14(19)17-11-7-16-18(3)8-11/h4-8,10H,1-3H3,(H,17,19). The lowest BCUT2D eigenvalue weighted by Gasteiger charge is -2.15. The molecule has 1 heterocycles. The maximum Gasteiger partial charge on any atom is 0.265 e. The summed E-state index contributed by atoms with van der Waals surface area (Å²) in [6.45, 7) is 3.70. The van der Waals surface area contributed by atoms with Gasteiger partial charge in [0, 0.05) is 13.2 Å². The highest BCUT2D eigenvalue weighted by Gasteiger charge is 2.16. The van der Waals surface area contributed by atoms with Crippen LogP contribution in [0.25, 0.3) is 0 Å². The highest BCUT2D eigenvalue weighted by molar-refractivity contribution is 9.10. The molecule has 0 saturated carbocycles. The largest absolute Gasteiger partial charge is 0.480 e. The quantitative estimate of drug-likeness (QED) is 0.933. The van der Waals surface area contributed by atoms with Crippen LogP contribution in [0.3, 0.4) is 0 Å². The fourth-order valence-electron chi connectivity index (χ4n) is 1.68. The molecule has 2 aromatic rings. The van der Waals surface area contributed by atoms with Crippen molar-refractivity contribution in [2.75, 3.05) is 5.32 Å². The number of aromatic nitrogens is 2. The summed E-state index contributed by atoms with van der Waals surface area (Å²) in [5.74, 6) is 0.426. The molecule has 1 atom stereocenters. The van der Waals surface area contributed by atoms with Gasteiger partial charge in [0.25, 0.3) is 5.91 Å². The average Bonchev–Trinajstić information content (AvgIpc) is 2.78. The van der Waals surface area contributed by atoms with Crippen LogP contribution >= 0.6 is 15.9 Å². The van der Waals surface area contributed by atoms with Crippen LogP contribution in [-0.2, 0) is 11.8 Å². The number of hydrogen-bond donors (Lipinski definition) is 1. The number of nitrogens with one attached hydrogen (secondary N) is 1. The Balaban J connectivity index is 2.00. The van der Waals surface area contributed by atoms with E-state index in [0.29, 0.717) is 11.4 Å². The first-order chi connectivity index (χ1) is 9.45. The number of carbonyl (C=O) groups excluding carboxylic acids is 1. The molecule has 1 aromatic carbocycles. The molecular weight excluding hydrogens is 322 g/mol. The van der Waals surface area contributed by atoms with Crippen molar-refractivity contribution in [3.63, 3.8) is 0 Å². The molecule has 0 aliphatic heterocycles. The third-order valence-corrected chi connectivity index (χ3v) is 3.35. The second kappa shape index (κ2) is 6.09. The van der Waals surface area contributed by atoms with Crippen LogP contribution < -0.4 is 10.1 Å². The molecule has 20 heavy (non-hydrogen) atoms. The minimum absolute atomic E-state index is 0.217. The summed E-state index contributed by atoms with van der Waals surface area (Å²) in [6, 6.07) is 5.72. The van der Waals surface area contributed by atoms with Gasteiger partial charge in [0.05, 0.1) is 16.4 Å². The van der Waals surface area contributed by atoms with E-state index in [1.807, 2.05) is 25.1 Å². The molecule has 5 nitrogen and oxygen atoms in total. The molecule has 0 fully saturated rings. The van der Waals surface area contributed by atoms with Crippen molar-refractivity contribution < 1.29 is 9.53 Å². The molecule has 1 unspecified atom stereocenters. The zero-order valence-electron chi connectivity index (χ0n) is 11.6. The minimum atomic E-state index is -0.603. The van der Waals surface area contributed by atoms with Gasteiger partial charge in [-0.15, -0.1) is 0 Å². The summed E-state index contributed by atoms with van der Waals surface area (Å²) in [4.78, 5) is 12.0. The molecule has 0 aliphatic carbocycles. The number of ether oxygens (including phenoxy) is 1. The van der Waals surface area contributed by atoms with Crippen molar-refractivity contribution >= 4 is 27.5 Å². The fraction of sp³-hybridized carbons (Fsp3) is 0.286. The normalized spacial score (nSPS) is 12.0.